The molecule has 0 aliphatic carbocycles. The number of carbonyl (C=O) groups excluding carboxylic acids is 1. The number of amides is 2. The number of para-hydroxylation sites is 1. The molecule has 2 aromatic carbocycles. The Morgan fingerprint density at radius 3 is 2.78 bits per heavy atom. The van der Waals surface area contributed by atoms with E-state index in [0.29, 0.717) is 17.2 Å². The lowest BCUT2D eigenvalue weighted by molar-refractivity contribution is 0.244. The minimum atomic E-state index is -0.534. The van der Waals surface area contributed by atoms with Gasteiger partial charge in [-0.15, -0.1) is 11.8 Å². The normalized spacial score (nSPS) is 17.4. The highest BCUT2D eigenvalue weighted by Crippen LogP contribution is 2.47. The summed E-state index contributed by atoms with van der Waals surface area (Å²) in [5.41, 5.74) is 1.80. The Morgan fingerprint density at radius 2 is 1.96 bits per heavy atom. The molecule has 5 nitrogen and oxygen atoms in total. The van der Waals surface area contributed by atoms with Gasteiger partial charge in [-0.3, -0.25) is 4.90 Å². The van der Waals surface area contributed by atoms with Crippen molar-refractivity contribution < 1.29 is 13.9 Å². The van der Waals surface area contributed by atoms with Gasteiger partial charge >= 0.3 is 6.03 Å². The van der Waals surface area contributed by atoms with Crippen LogP contribution in [0.1, 0.15) is 11.6 Å². The van der Waals surface area contributed by atoms with Gasteiger partial charge in [0.2, 0.25) is 0 Å². The Morgan fingerprint density at radius 1 is 1.11 bits per heavy atom. The molecule has 2 aliphatic rings. The first-order chi connectivity index (χ1) is 13.2. The highest BCUT2D eigenvalue weighted by Gasteiger charge is 2.38. The number of ether oxygens (including phenoxy) is 1. The predicted octanol–water partition coefficient (Wildman–Crippen LogP) is 5.02. The summed E-state index contributed by atoms with van der Waals surface area (Å²) >= 11 is 1.60. The van der Waals surface area contributed by atoms with Crippen molar-refractivity contribution in [2.24, 2.45) is 0 Å². The lowest BCUT2D eigenvalue weighted by atomic mass is 10.0. The van der Waals surface area contributed by atoms with E-state index >= 15 is 0 Å². The number of pyridine rings is 1. The molecule has 1 aromatic heterocycles. The number of hydrogen-bond donors (Lipinski definition) is 1. The average molecular weight is 379 g/mol. The molecule has 5 rings (SSSR count). The highest BCUT2D eigenvalue weighted by atomic mass is 32.2. The summed E-state index contributed by atoms with van der Waals surface area (Å²) in [6.07, 6.45) is 1.65. The van der Waals surface area contributed by atoms with Crippen molar-refractivity contribution in [1.82, 2.24) is 10.3 Å². The van der Waals surface area contributed by atoms with Crippen LogP contribution in [-0.4, -0.2) is 16.8 Å². The van der Waals surface area contributed by atoms with Crippen molar-refractivity contribution in [3.8, 4) is 11.5 Å². The van der Waals surface area contributed by atoms with Crippen LogP contribution in [-0.2, 0) is 0 Å². The third-order valence-corrected chi connectivity index (χ3v) is 5.65. The van der Waals surface area contributed by atoms with E-state index < -0.39 is 5.82 Å². The van der Waals surface area contributed by atoms with E-state index in [4.69, 9.17) is 4.74 Å². The first-order valence-corrected chi connectivity index (χ1v) is 9.44. The van der Waals surface area contributed by atoms with Crippen molar-refractivity contribution in [3.05, 3.63) is 72.2 Å². The summed E-state index contributed by atoms with van der Waals surface area (Å²) in [6.45, 7) is 0. The Bertz CT molecular complexity index is 1040. The first-order valence-electron chi connectivity index (χ1n) is 8.45. The van der Waals surface area contributed by atoms with Gasteiger partial charge in [-0.05, 0) is 30.3 Å². The van der Waals surface area contributed by atoms with Crippen LogP contribution in [0.3, 0.4) is 0 Å². The molecule has 134 valence electrons. The molecule has 0 saturated heterocycles. The van der Waals surface area contributed by atoms with Gasteiger partial charge in [0.15, 0.2) is 5.82 Å². The third-order valence-electron chi connectivity index (χ3n) is 4.55. The van der Waals surface area contributed by atoms with E-state index in [0.717, 1.165) is 16.3 Å². The predicted molar refractivity (Wildman–Crippen MR) is 101 cm³/mol. The topological polar surface area (TPSA) is 54.5 Å². The first kappa shape index (κ1) is 16.1. The number of hydrogen-bond acceptors (Lipinski definition) is 4. The Hall–Kier alpha value is -3.06. The van der Waals surface area contributed by atoms with E-state index in [9.17, 15) is 9.18 Å². The summed E-state index contributed by atoms with van der Waals surface area (Å²) in [4.78, 5) is 18.4. The largest absolute Gasteiger partial charge is 0.457 e. The number of halogens is 1. The quantitative estimate of drug-likeness (QED) is 0.694. The van der Waals surface area contributed by atoms with Crippen LogP contribution >= 0.6 is 11.8 Å². The number of carbonyl (C=O) groups is 1. The van der Waals surface area contributed by atoms with Gasteiger partial charge in [-0.2, -0.15) is 0 Å². The maximum atomic E-state index is 14.9. The minimum absolute atomic E-state index is 0.0822. The fourth-order valence-electron chi connectivity index (χ4n) is 3.36. The van der Waals surface area contributed by atoms with E-state index in [2.05, 4.69) is 10.3 Å². The van der Waals surface area contributed by atoms with Gasteiger partial charge < -0.3 is 10.1 Å². The monoisotopic (exact) mass is 379 g/mol. The molecule has 0 fully saturated rings. The zero-order valence-corrected chi connectivity index (χ0v) is 14.9. The van der Waals surface area contributed by atoms with Gasteiger partial charge in [-0.25, -0.2) is 14.2 Å². The molecule has 2 amide bonds. The molecule has 27 heavy (non-hydrogen) atoms. The number of thioether (sulfide) groups is 1. The van der Waals surface area contributed by atoms with Crippen LogP contribution in [0, 0.1) is 5.82 Å². The Kier molecular flexibility index (Phi) is 3.75. The second kappa shape index (κ2) is 6.28. The molecule has 3 aromatic rings. The molecule has 7 heteroatoms. The molecule has 0 radical (unpaired) electrons. The molecule has 0 spiro atoms. The van der Waals surface area contributed by atoms with Crippen LogP contribution in [0.4, 0.5) is 20.6 Å². The second-order valence-corrected chi connectivity index (χ2v) is 7.23. The van der Waals surface area contributed by atoms with E-state index in [-0.39, 0.29) is 17.8 Å². The maximum absolute atomic E-state index is 14.9. The van der Waals surface area contributed by atoms with Crippen LogP contribution in [0.5, 0.6) is 11.5 Å². The molecule has 1 atom stereocenters. The maximum Gasteiger partial charge on any atom is 0.327 e. The summed E-state index contributed by atoms with van der Waals surface area (Å²) < 4.78 is 20.6. The summed E-state index contributed by atoms with van der Waals surface area (Å²) in [5.74, 6) is 1.19. The molecular formula is C20H14FN3O2S. The molecule has 3 heterocycles. The summed E-state index contributed by atoms with van der Waals surface area (Å²) in [7, 11) is 0. The number of rotatable bonds is 3. The number of anilines is 2. The van der Waals surface area contributed by atoms with Gasteiger partial charge in [0.1, 0.15) is 16.5 Å². The number of nitrogens with one attached hydrogen (secondary N) is 1. The van der Waals surface area contributed by atoms with Crippen LogP contribution in [0.15, 0.2) is 65.8 Å². The number of urea groups is 1. The standard InChI is InChI=1S/C20H14FN3O2S/c21-14-10-13(26-12-4-2-1-3-5-12)6-7-16(14)24-17-8-9-22-19-18(17)15(11-27-19)23-20(24)25/h1-10,15H,11H2,(H,23,25). The summed E-state index contributed by atoms with van der Waals surface area (Å²) in [5, 5.41) is 3.81. The fourth-order valence-corrected chi connectivity index (χ4v) is 4.47. The zero-order valence-electron chi connectivity index (χ0n) is 14.1. The van der Waals surface area contributed by atoms with Crippen LogP contribution < -0.4 is 15.0 Å². The highest BCUT2D eigenvalue weighted by molar-refractivity contribution is 7.99. The number of nitrogens with zero attached hydrogens (tertiary/aromatic N) is 2. The second-order valence-electron chi connectivity index (χ2n) is 6.23. The number of benzene rings is 2. The van der Waals surface area contributed by atoms with Gasteiger partial charge in [-0.1, -0.05) is 18.2 Å². The Balaban J connectivity index is 1.53. The lowest BCUT2D eigenvalue weighted by Crippen LogP contribution is -2.44. The SMILES string of the molecule is O=C1NC2CSc3nccc(c32)N1c1ccc(Oc2ccccc2)cc1F. The Labute approximate surface area is 159 Å². The smallest absolute Gasteiger partial charge is 0.327 e. The fraction of sp³-hybridized carbons (Fsp3) is 0.100. The average Bonchev–Trinajstić information content (AvgIpc) is 3.08. The van der Waals surface area contributed by atoms with Crippen molar-refractivity contribution in [2.45, 2.75) is 11.1 Å². The number of aromatic nitrogens is 1. The van der Waals surface area contributed by atoms with Crippen molar-refractivity contribution in [2.75, 3.05) is 10.7 Å². The van der Waals surface area contributed by atoms with Gasteiger partial charge in [0.25, 0.3) is 0 Å². The molecule has 1 unspecified atom stereocenters. The van der Waals surface area contributed by atoms with Gasteiger partial charge in [0, 0.05) is 23.6 Å². The molecular weight excluding hydrogens is 365 g/mol. The van der Waals surface area contributed by atoms with Crippen molar-refractivity contribution in [3.63, 3.8) is 0 Å². The van der Waals surface area contributed by atoms with Crippen LogP contribution in [0.2, 0.25) is 0 Å². The molecule has 0 bridgehead atoms. The molecule has 0 saturated carbocycles. The van der Waals surface area contributed by atoms with Crippen molar-refractivity contribution in [1.29, 1.82) is 0 Å². The van der Waals surface area contributed by atoms with Crippen molar-refractivity contribution >= 4 is 29.2 Å². The third kappa shape index (κ3) is 2.71. The molecule has 1 N–H and O–H groups in total. The summed E-state index contributed by atoms with van der Waals surface area (Å²) in [6, 6.07) is 15.0. The van der Waals surface area contributed by atoms with Gasteiger partial charge in [0.05, 0.1) is 17.4 Å². The van der Waals surface area contributed by atoms with E-state index in [1.807, 2.05) is 18.2 Å². The van der Waals surface area contributed by atoms with E-state index in [1.54, 1.807) is 48.3 Å². The lowest BCUT2D eigenvalue weighted by Gasteiger charge is -2.32. The zero-order chi connectivity index (χ0) is 18.4. The van der Waals surface area contributed by atoms with Crippen LogP contribution in [0.25, 0.3) is 0 Å². The van der Waals surface area contributed by atoms with E-state index in [1.165, 1.54) is 11.0 Å². The molecule has 2 aliphatic heterocycles. The minimum Gasteiger partial charge on any atom is -0.457 e.